The van der Waals surface area contributed by atoms with Gasteiger partial charge < -0.3 is 15.8 Å². The van der Waals surface area contributed by atoms with Gasteiger partial charge in [-0.15, -0.1) is 0 Å². The molecular weight excluding hydrogens is 214 g/mol. The number of allylic oxidation sites excluding steroid dienone is 1. The molecule has 0 aromatic heterocycles. The fourth-order valence-corrected chi connectivity index (χ4v) is 2.04. The number of ether oxygens (including phenoxy) is 1. The quantitative estimate of drug-likeness (QED) is 0.422. The molecule has 1 aliphatic carbocycles. The third-order valence-electron chi connectivity index (χ3n) is 2.91. The monoisotopic (exact) mass is 239 g/mol. The molecule has 0 radical (unpaired) electrons. The van der Waals surface area contributed by atoms with Crippen molar-refractivity contribution < 1.29 is 4.74 Å². The van der Waals surface area contributed by atoms with Crippen molar-refractivity contribution in [1.82, 2.24) is 5.32 Å². The van der Waals surface area contributed by atoms with Crippen molar-refractivity contribution in [2.45, 2.75) is 45.1 Å². The van der Waals surface area contributed by atoms with E-state index in [0.29, 0.717) is 12.6 Å². The van der Waals surface area contributed by atoms with E-state index < -0.39 is 0 Å². The minimum atomic E-state index is 0.206. The Kier molecular flexibility index (Phi) is 6.70. The zero-order valence-electron chi connectivity index (χ0n) is 11.0. The molecule has 0 aliphatic heterocycles. The van der Waals surface area contributed by atoms with E-state index in [1.165, 1.54) is 31.3 Å². The molecule has 0 amide bonds. The largest absolute Gasteiger partial charge is 0.383 e. The molecule has 17 heavy (non-hydrogen) atoms. The van der Waals surface area contributed by atoms with E-state index in [0.717, 1.165) is 13.0 Å². The molecule has 0 heterocycles. The molecular formula is C13H25N3O. The second kappa shape index (κ2) is 8.12. The summed E-state index contributed by atoms with van der Waals surface area (Å²) in [4.78, 5) is 4.33. The number of nitrogens with one attached hydrogen (secondary N) is 1. The molecule has 1 aliphatic rings. The van der Waals surface area contributed by atoms with Crippen molar-refractivity contribution in [3.63, 3.8) is 0 Å². The van der Waals surface area contributed by atoms with Crippen LogP contribution in [0, 0.1) is 0 Å². The van der Waals surface area contributed by atoms with Crippen molar-refractivity contribution in [1.29, 1.82) is 0 Å². The van der Waals surface area contributed by atoms with Crippen LogP contribution < -0.4 is 11.1 Å². The van der Waals surface area contributed by atoms with Crippen LogP contribution in [-0.4, -0.2) is 32.3 Å². The fraction of sp³-hybridized carbons (Fsp3) is 0.769. The molecule has 1 atom stereocenters. The highest BCUT2D eigenvalue weighted by Gasteiger charge is 2.04. The van der Waals surface area contributed by atoms with Crippen LogP contribution in [0.2, 0.25) is 0 Å². The first-order chi connectivity index (χ1) is 8.22. The van der Waals surface area contributed by atoms with Crippen LogP contribution in [0.25, 0.3) is 0 Å². The van der Waals surface area contributed by atoms with Gasteiger partial charge in [-0.3, -0.25) is 4.99 Å². The molecule has 0 saturated carbocycles. The standard InChI is InChI=1S/C13H25N3O/c1-11(10-17-2)16-13(14)15-9-8-12-6-4-3-5-7-12/h6,11H,3-5,7-10H2,1-2H3,(H3,14,15,16). The predicted octanol–water partition coefficient (Wildman–Crippen LogP) is 1.82. The average Bonchev–Trinajstić information content (AvgIpc) is 2.30. The summed E-state index contributed by atoms with van der Waals surface area (Å²) in [6.45, 7) is 3.45. The van der Waals surface area contributed by atoms with E-state index in [1.807, 2.05) is 6.92 Å². The molecule has 0 fully saturated rings. The molecule has 1 unspecified atom stereocenters. The van der Waals surface area contributed by atoms with Gasteiger partial charge in [0.15, 0.2) is 5.96 Å². The predicted molar refractivity (Wildman–Crippen MR) is 72.1 cm³/mol. The maximum atomic E-state index is 5.78. The van der Waals surface area contributed by atoms with Gasteiger partial charge in [0.1, 0.15) is 0 Å². The minimum absolute atomic E-state index is 0.206. The summed E-state index contributed by atoms with van der Waals surface area (Å²) in [5, 5.41) is 3.10. The summed E-state index contributed by atoms with van der Waals surface area (Å²) in [5.41, 5.74) is 7.32. The van der Waals surface area contributed by atoms with Crippen LogP contribution in [0.1, 0.15) is 39.0 Å². The van der Waals surface area contributed by atoms with Gasteiger partial charge in [0.2, 0.25) is 0 Å². The van der Waals surface area contributed by atoms with E-state index in [1.54, 1.807) is 7.11 Å². The number of rotatable bonds is 6. The molecule has 0 aromatic carbocycles. The molecule has 0 spiro atoms. The average molecular weight is 239 g/mol. The molecule has 4 heteroatoms. The first-order valence-corrected chi connectivity index (χ1v) is 6.45. The SMILES string of the molecule is COCC(C)NC(N)=NCCC1=CCCCC1. The Labute approximate surface area is 104 Å². The molecule has 1 rings (SSSR count). The van der Waals surface area contributed by atoms with Gasteiger partial charge in [-0.1, -0.05) is 11.6 Å². The zero-order valence-corrected chi connectivity index (χ0v) is 11.0. The number of methoxy groups -OCH3 is 1. The molecule has 3 N–H and O–H groups in total. The molecule has 0 bridgehead atoms. The minimum Gasteiger partial charge on any atom is -0.383 e. The smallest absolute Gasteiger partial charge is 0.188 e. The Balaban J connectivity index is 2.20. The highest BCUT2D eigenvalue weighted by molar-refractivity contribution is 5.78. The third-order valence-corrected chi connectivity index (χ3v) is 2.91. The van der Waals surface area contributed by atoms with Gasteiger partial charge in [0.25, 0.3) is 0 Å². The Bertz CT molecular complexity index is 274. The lowest BCUT2D eigenvalue weighted by molar-refractivity contribution is 0.179. The van der Waals surface area contributed by atoms with Gasteiger partial charge in [-0.25, -0.2) is 0 Å². The zero-order chi connectivity index (χ0) is 12.5. The highest BCUT2D eigenvalue weighted by atomic mass is 16.5. The maximum absolute atomic E-state index is 5.78. The fourth-order valence-electron chi connectivity index (χ4n) is 2.04. The van der Waals surface area contributed by atoms with Crippen molar-refractivity contribution in [2.75, 3.05) is 20.3 Å². The van der Waals surface area contributed by atoms with Gasteiger partial charge in [-0.05, 0) is 39.0 Å². The summed E-state index contributed by atoms with van der Waals surface area (Å²) in [6.07, 6.45) is 8.54. The molecule has 0 aromatic rings. The molecule has 0 saturated heterocycles. The van der Waals surface area contributed by atoms with Gasteiger partial charge in [-0.2, -0.15) is 0 Å². The first kappa shape index (κ1) is 14.0. The van der Waals surface area contributed by atoms with E-state index in [2.05, 4.69) is 16.4 Å². The number of guanidine groups is 1. The van der Waals surface area contributed by atoms with E-state index in [-0.39, 0.29) is 6.04 Å². The summed E-state index contributed by atoms with van der Waals surface area (Å²) in [7, 11) is 1.68. The van der Waals surface area contributed by atoms with Crippen LogP contribution in [0.4, 0.5) is 0 Å². The lowest BCUT2D eigenvalue weighted by Crippen LogP contribution is -2.40. The third kappa shape index (κ3) is 6.31. The number of hydrogen-bond donors (Lipinski definition) is 2. The van der Waals surface area contributed by atoms with E-state index >= 15 is 0 Å². The van der Waals surface area contributed by atoms with Gasteiger partial charge >= 0.3 is 0 Å². The van der Waals surface area contributed by atoms with E-state index in [4.69, 9.17) is 10.5 Å². The number of nitrogens with zero attached hydrogens (tertiary/aromatic N) is 1. The van der Waals surface area contributed by atoms with Gasteiger partial charge in [0, 0.05) is 19.7 Å². The Hall–Kier alpha value is -1.03. The number of hydrogen-bond acceptors (Lipinski definition) is 2. The van der Waals surface area contributed by atoms with Crippen molar-refractivity contribution in [3.8, 4) is 0 Å². The molecule has 4 nitrogen and oxygen atoms in total. The van der Waals surface area contributed by atoms with Crippen molar-refractivity contribution >= 4 is 5.96 Å². The van der Waals surface area contributed by atoms with Crippen LogP contribution >= 0.6 is 0 Å². The van der Waals surface area contributed by atoms with Crippen molar-refractivity contribution in [2.24, 2.45) is 10.7 Å². The summed E-state index contributed by atoms with van der Waals surface area (Å²) in [6, 6.07) is 0.206. The molecule has 98 valence electrons. The lowest BCUT2D eigenvalue weighted by Gasteiger charge is -2.14. The summed E-state index contributed by atoms with van der Waals surface area (Å²) < 4.78 is 5.02. The Morgan fingerprint density at radius 2 is 2.41 bits per heavy atom. The van der Waals surface area contributed by atoms with Crippen LogP contribution in [-0.2, 0) is 4.74 Å². The van der Waals surface area contributed by atoms with E-state index in [9.17, 15) is 0 Å². The number of nitrogens with two attached hydrogens (primary N) is 1. The highest BCUT2D eigenvalue weighted by Crippen LogP contribution is 2.19. The van der Waals surface area contributed by atoms with Gasteiger partial charge in [0.05, 0.1) is 6.61 Å². The van der Waals surface area contributed by atoms with Crippen LogP contribution in [0.15, 0.2) is 16.6 Å². The topological polar surface area (TPSA) is 59.6 Å². The van der Waals surface area contributed by atoms with Crippen LogP contribution in [0.3, 0.4) is 0 Å². The second-order valence-corrected chi connectivity index (χ2v) is 4.63. The van der Waals surface area contributed by atoms with Crippen molar-refractivity contribution in [3.05, 3.63) is 11.6 Å². The Morgan fingerprint density at radius 1 is 1.59 bits per heavy atom. The maximum Gasteiger partial charge on any atom is 0.188 e. The number of aliphatic imine (C=N–C) groups is 1. The van der Waals surface area contributed by atoms with Crippen LogP contribution in [0.5, 0.6) is 0 Å². The summed E-state index contributed by atoms with van der Waals surface area (Å²) in [5.74, 6) is 0.519. The Morgan fingerprint density at radius 3 is 3.06 bits per heavy atom. The lowest BCUT2D eigenvalue weighted by atomic mass is 9.97. The normalized spacial score (nSPS) is 18.7. The second-order valence-electron chi connectivity index (χ2n) is 4.63. The summed E-state index contributed by atoms with van der Waals surface area (Å²) >= 11 is 0. The first-order valence-electron chi connectivity index (χ1n) is 6.45.